The van der Waals surface area contributed by atoms with Crippen molar-refractivity contribution in [3.63, 3.8) is 0 Å². The third-order valence-electron chi connectivity index (χ3n) is 9.94. The lowest BCUT2D eigenvalue weighted by Gasteiger charge is -2.34. The summed E-state index contributed by atoms with van der Waals surface area (Å²) in [4.78, 5) is 47.8. The number of benzene rings is 5. The number of nitrogens with one attached hydrogen (secondary N) is 3. The smallest absolute Gasteiger partial charge is 0.286 e. The quantitative estimate of drug-likeness (QED) is 0.131. The number of para-hydroxylation sites is 2. The zero-order valence-electron chi connectivity index (χ0n) is 29.7. The molecule has 5 aromatic carbocycles. The molecule has 2 aromatic heterocycles. The SMILES string of the molecule is CC(C)CC(C(=O)NNC(=O)c1cc2cc(Oc3ccccc3)ccc2n1C)N1C(=O)c2ccccc2C1c1c(-c2ccccc2)[nH]c2ccccc12. The number of aromatic nitrogens is 2. The Morgan fingerprint density at radius 1 is 0.792 bits per heavy atom. The van der Waals surface area contributed by atoms with Gasteiger partial charge in [0.1, 0.15) is 23.2 Å². The first-order valence-electron chi connectivity index (χ1n) is 17.8. The number of nitrogens with zero attached hydrogens (tertiary/aromatic N) is 2. The predicted octanol–water partition coefficient (Wildman–Crippen LogP) is 8.54. The van der Waals surface area contributed by atoms with Crippen LogP contribution in [0.4, 0.5) is 0 Å². The second kappa shape index (κ2) is 13.8. The molecule has 0 fully saturated rings. The number of aromatic amines is 1. The highest BCUT2D eigenvalue weighted by molar-refractivity contribution is 6.05. The lowest BCUT2D eigenvalue weighted by Crippen LogP contribution is -2.54. The first kappa shape index (κ1) is 33.5. The number of hydrogen-bond acceptors (Lipinski definition) is 4. The van der Waals surface area contributed by atoms with Crippen LogP contribution in [-0.4, -0.2) is 38.2 Å². The van der Waals surface area contributed by atoms with Gasteiger partial charge in [0.25, 0.3) is 17.7 Å². The normalized spacial score (nSPS) is 14.5. The van der Waals surface area contributed by atoms with Gasteiger partial charge in [-0.3, -0.25) is 25.2 Å². The van der Waals surface area contributed by atoms with E-state index in [1.54, 1.807) is 22.6 Å². The molecule has 2 atom stereocenters. The molecule has 9 heteroatoms. The maximum atomic E-state index is 14.5. The molecule has 8 rings (SSSR count). The lowest BCUT2D eigenvalue weighted by molar-refractivity contribution is -0.127. The number of amides is 3. The Morgan fingerprint density at radius 3 is 2.26 bits per heavy atom. The monoisotopic (exact) mass is 701 g/mol. The first-order valence-corrected chi connectivity index (χ1v) is 17.8. The van der Waals surface area contributed by atoms with Gasteiger partial charge in [0, 0.05) is 40.0 Å². The third-order valence-corrected chi connectivity index (χ3v) is 9.94. The fourth-order valence-corrected chi connectivity index (χ4v) is 7.53. The molecule has 0 saturated heterocycles. The lowest BCUT2D eigenvalue weighted by atomic mass is 9.91. The Hall–Kier alpha value is -6.61. The van der Waals surface area contributed by atoms with Crippen LogP contribution in [0.5, 0.6) is 11.5 Å². The van der Waals surface area contributed by atoms with E-state index >= 15 is 0 Å². The summed E-state index contributed by atoms with van der Waals surface area (Å²) in [5, 5.41) is 1.78. The molecule has 1 aliphatic rings. The summed E-state index contributed by atoms with van der Waals surface area (Å²) in [7, 11) is 1.80. The van der Waals surface area contributed by atoms with Gasteiger partial charge in [-0.25, -0.2) is 0 Å². The maximum absolute atomic E-state index is 14.5. The number of carbonyl (C=O) groups excluding carboxylic acids is 3. The minimum atomic E-state index is -0.900. The molecule has 53 heavy (non-hydrogen) atoms. The number of aryl methyl sites for hydroxylation is 1. The second-order valence-corrected chi connectivity index (χ2v) is 13.8. The van der Waals surface area contributed by atoms with Crippen molar-refractivity contribution in [1.82, 2.24) is 25.3 Å². The van der Waals surface area contributed by atoms with Crippen LogP contribution in [0.3, 0.4) is 0 Å². The molecule has 0 radical (unpaired) electrons. The molecule has 7 aromatic rings. The highest BCUT2D eigenvalue weighted by Crippen LogP contribution is 2.47. The molecule has 1 aliphatic heterocycles. The van der Waals surface area contributed by atoms with Crippen LogP contribution in [0.1, 0.15) is 58.3 Å². The van der Waals surface area contributed by atoms with Gasteiger partial charge >= 0.3 is 0 Å². The fraction of sp³-hybridized carbons (Fsp3) is 0.159. The van der Waals surface area contributed by atoms with E-state index in [1.165, 1.54) is 0 Å². The van der Waals surface area contributed by atoms with E-state index in [2.05, 4.69) is 21.9 Å². The Bertz CT molecular complexity index is 2480. The van der Waals surface area contributed by atoms with Crippen molar-refractivity contribution in [2.24, 2.45) is 13.0 Å². The van der Waals surface area contributed by atoms with Crippen LogP contribution in [0, 0.1) is 5.92 Å². The minimum absolute atomic E-state index is 0.0562. The van der Waals surface area contributed by atoms with Crippen molar-refractivity contribution in [3.8, 4) is 22.8 Å². The molecule has 2 unspecified atom stereocenters. The van der Waals surface area contributed by atoms with Gasteiger partial charge in [0.15, 0.2) is 0 Å². The van der Waals surface area contributed by atoms with Gasteiger partial charge in [-0.2, -0.15) is 0 Å². The largest absolute Gasteiger partial charge is 0.457 e. The number of hydrogen-bond donors (Lipinski definition) is 3. The summed E-state index contributed by atoms with van der Waals surface area (Å²) < 4.78 is 7.78. The molecule has 264 valence electrons. The molecule has 0 spiro atoms. The van der Waals surface area contributed by atoms with Gasteiger partial charge in [-0.05, 0) is 72.0 Å². The van der Waals surface area contributed by atoms with Gasteiger partial charge in [-0.1, -0.05) is 98.8 Å². The molecule has 9 nitrogen and oxygen atoms in total. The number of H-pyrrole nitrogens is 1. The molecule has 3 N–H and O–H groups in total. The Morgan fingerprint density at radius 2 is 1.49 bits per heavy atom. The standard InChI is InChI=1S/C44H39N5O4/c1-27(2)24-38(43(51)47-46-42(50)37-26-29-25-31(22-23-36(29)48(37)3)53-30-16-8-5-9-17-30)49-41(32-18-10-11-19-33(32)44(49)52)39-34-20-12-13-21-35(34)45-40(39)28-14-6-4-7-15-28/h4-23,25-27,38,41,45H,24H2,1-3H3,(H,46,50)(H,47,51). The Balaban J connectivity index is 1.12. The Kier molecular flexibility index (Phi) is 8.76. The summed E-state index contributed by atoms with van der Waals surface area (Å²) in [6, 6.07) is 41.0. The third kappa shape index (κ3) is 6.20. The summed E-state index contributed by atoms with van der Waals surface area (Å²) in [5.41, 5.74) is 11.6. The van der Waals surface area contributed by atoms with Crippen LogP contribution in [0.2, 0.25) is 0 Å². The van der Waals surface area contributed by atoms with E-state index in [0.29, 0.717) is 29.2 Å². The van der Waals surface area contributed by atoms with E-state index in [9.17, 15) is 14.4 Å². The van der Waals surface area contributed by atoms with Crippen LogP contribution in [-0.2, 0) is 11.8 Å². The molecule has 0 bridgehead atoms. The zero-order chi connectivity index (χ0) is 36.6. The zero-order valence-corrected chi connectivity index (χ0v) is 29.7. The molecule has 0 aliphatic carbocycles. The van der Waals surface area contributed by atoms with Crippen molar-refractivity contribution in [1.29, 1.82) is 0 Å². The number of fused-ring (bicyclic) bond motifs is 3. The van der Waals surface area contributed by atoms with E-state index in [-0.39, 0.29) is 11.8 Å². The highest BCUT2D eigenvalue weighted by atomic mass is 16.5. The second-order valence-electron chi connectivity index (χ2n) is 13.8. The van der Waals surface area contributed by atoms with Gasteiger partial charge in [0.05, 0.1) is 11.7 Å². The van der Waals surface area contributed by atoms with Gasteiger partial charge in [-0.15, -0.1) is 0 Å². The predicted molar refractivity (Wildman–Crippen MR) is 206 cm³/mol. The Labute approximate surface area is 307 Å². The minimum Gasteiger partial charge on any atom is -0.457 e. The van der Waals surface area contributed by atoms with Crippen LogP contribution < -0.4 is 15.6 Å². The molecular formula is C44H39N5O4. The number of hydrazine groups is 1. The topological polar surface area (TPSA) is 108 Å². The van der Waals surface area contributed by atoms with Crippen molar-refractivity contribution in [2.75, 3.05) is 0 Å². The van der Waals surface area contributed by atoms with Crippen molar-refractivity contribution in [3.05, 3.63) is 156 Å². The van der Waals surface area contributed by atoms with Gasteiger partial charge in [0.2, 0.25) is 0 Å². The van der Waals surface area contributed by atoms with Crippen molar-refractivity contribution >= 4 is 39.5 Å². The average Bonchev–Trinajstić information content (AvgIpc) is 3.82. The van der Waals surface area contributed by atoms with E-state index in [1.807, 2.05) is 135 Å². The average molecular weight is 702 g/mol. The van der Waals surface area contributed by atoms with Gasteiger partial charge < -0.3 is 19.2 Å². The molecule has 0 saturated carbocycles. The molecule has 3 heterocycles. The molecule has 3 amide bonds. The maximum Gasteiger partial charge on any atom is 0.286 e. The van der Waals surface area contributed by atoms with Crippen molar-refractivity contribution < 1.29 is 19.1 Å². The highest BCUT2D eigenvalue weighted by Gasteiger charge is 2.46. The summed E-state index contributed by atoms with van der Waals surface area (Å²) in [6.45, 7) is 4.04. The number of ether oxygens (including phenoxy) is 1. The van der Waals surface area contributed by atoms with Crippen molar-refractivity contribution in [2.45, 2.75) is 32.4 Å². The first-order chi connectivity index (χ1) is 25.8. The number of rotatable bonds is 9. The van der Waals surface area contributed by atoms with Crippen LogP contribution >= 0.6 is 0 Å². The number of carbonyl (C=O) groups is 3. The van der Waals surface area contributed by atoms with E-state index < -0.39 is 23.9 Å². The summed E-state index contributed by atoms with van der Waals surface area (Å²) >= 11 is 0. The van der Waals surface area contributed by atoms with E-state index in [4.69, 9.17) is 4.74 Å². The van der Waals surface area contributed by atoms with Crippen LogP contribution in [0.25, 0.3) is 33.1 Å². The summed E-state index contributed by atoms with van der Waals surface area (Å²) in [6.07, 6.45) is 0.374. The van der Waals surface area contributed by atoms with Crippen LogP contribution in [0.15, 0.2) is 133 Å². The fourth-order valence-electron chi connectivity index (χ4n) is 7.53. The molecular weight excluding hydrogens is 663 g/mol. The van der Waals surface area contributed by atoms with E-state index in [0.717, 1.165) is 44.2 Å². The summed E-state index contributed by atoms with van der Waals surface area (Å²) in [5.74, 6) is 0.215.